The van der Waals surface area contributed by atoms with Gasteiger partial charge < -0.3 is 4.90 Å². The van der Waals surface area contributed by atoms with Crippen LogP contribution in [0, 0.1) is 0 Å². The van der Waals surface area contributed by atoms with Crippen molar-refractivity contribution in [2.75, 3.05) is 4.90 Å². The fourth-order valence-electron chi connectivity index (χ4n) is 4.01. The van der Waals surface area contributed by atoms with E-state index in [4.69, 9.17) is 0 Å². The van der Waals surface area contributed by atoms with E-state index in [1.165, 1.54) is 18.7 Å². The van der Waals surface area contributed by atoms with Crippen LogP contribution in [0.25, 0.3) is 22.2 Å². The molecule has 2 aromatic carbocycles. The molecule has 1 amide bonds. The van der Waals surface area contributed by atoms with Crippen LogP contribution in [0.1, 0.15) is 16.1 Å². The van der Waals surface area contributed by atoms with Crippen molar-refractivity contribution in [3.63, 3.8) is 0 Å². The zero-order chi connectivity index (χ0) is 21.0. The Hall–Kier alpha value is -4.00. The molecule has 7 nitrogen and oxygen atoms in total. The van der Waals surface area contributed by atoms with Crippen molar-refractivity contribution in [2.45, 2.75) is 6.54 Å². The van der Waals surface area contributed by atoms with Crippen molar-refractivity contribution in [1.29, 1.82) is 0 Å². The molecule has 3 heterocycles. The highest BCUT2D eigenvalue weighted by Crippen LogP contribution is 2.39. The summed E-state index contributed by atoms with van der Waals surface area (Å²) in [5.74, 6) is -0.285. The number of anilines is 1. The van der Waals surface area contributed by atoms with Crippen molar-refractivity contribution in [3.8, 4) is 11.1 Å². The van der Waals surface area contributed by atoms with Gasteiger partial charge in [0.1, 0.15) is 11.3 Å². The van der Waals surface area contributed by atoms with Gasteiger partial charge in [-0.05, 0) is 29.3 Å². The van der Waals surface area contributed by atoms with Gasteiger partial charge in [-0.15, -0.1) is 0 Å². The molecular weight excluding hydrogens is 380 g/mol. The summed E-state index contributed by atoms with van der Waals surface area (Å²) >= 11 is 0. The highest BCUT2D eigenvalue weighted by atomic mass is 16.2. The molecule has 0 unspecified atom stereocenters. The summed E-state index contributed by atoms with van der Waals surface area (Å²) in [6.07, 6.45) is 0. The number of nitrogens with zero attached hydrogens (tertiary/aromatic N) is 4. The van der Waals surface area contributed by atoms with E-state index in [9.17, 15) is 14.4 Å². The minimum Gasteiger partial charge on any atom is -0.302 e. The third-order valence-corrected chi connectivity index (χ3v) is 5.60. The van der Waals surface area contributed by atoms with Gasteiger partial charge in [0.15, 0.2) is 0 Å². The SMILES string of the molecule is Cn1c(=O)c2ccc(C(=O)N3Cc4ccccc4-c4ccccc43)nc2n(C)c1=O. The summed E-state index contributed by atoms with van der Waals surface area (Å²) in [6.45, 7) is 0.418. The van der Waals surface area contributed by atoms with E-state index in [0.717, 1.165) is 26.9 Å². The molecule has 5 rings (SSSR count). The molecule has 0 saturated heterocycles. The Kier molecular flexibility index (Phi) is 3.92. The van der Waals surface area contributed by atoms with Crippen LogP contribution in [0.3, 0.4) is 0 Å². The molecule has 0 radical (unpaired) electrons. The quantitative estimate of drug-likeness (QED) is 0.494. The maximum Gasteiger partial charge on any atom is 0.332 e. The molecule has 0 saturated carbocycles. The van der Waals surface area contributed by atoms with Crippen LogP contribution in [-0.2, 0) is 20.6 Å². The van der Waals surface area contributed by atoms with Crippen molar-refractivity contribution in [3.05, 3.63) is 92.8 Å². The zero-order valence-electron chi connectivity index (χ0n) is 16.5. The lowest BCUT2D eigenvalue weighted by atomic mass is 9.93. The van der Waals surface area contributed by atoms with Gasteiger partial charge >= 0.3 is 5.69 Å². The fraction of sp³-hybridized carbons (Fsp3) is 0.130. The van der Waals surface area contributed by atoms with Gasteiger partial charge in [0.2, 0.25) is 0 Å². The molecule has 0 atom stereocenters. The Balaban J connectivity index is 1.66. The normalized spacial score (nSPS) is 12.5. The van der Waals surface area contributed by atoms with E-state index >= 15 is 0 Å². The number of hydrogen-bond acceptors (Lipinski definition) is 4. The van der Waals surface area contributed by atoms with E-state index in [-0.39, 0.29) is 17.2 Å². The fourth-order valence-corrected chi connectivity index (χ4v) is 4.01. The van der Waals surface area contributed by atoms with Crippen LogP contribution in [0.4, 0.5) is 5.69 Å². The van der Waals surface area contributed by atoms with Crippen LogP contribution in [0.5, 0.6) is 0 Å². The van der Waals surface area contributed by atoms with Gasteiger partial charge in [-0.2, -0.15) is 0 Å². The number of para-hydroxylation sites is 1. The molecule has 0 aliphatic carbocycles. The second-order valence-electron chi connectivity index (χ2n) is 7.34. The third kappa shape index (κ3) is 2.52. The number of benzene rings is 2. The number of rotatable bonds is 1. The van der Waals surface area contributed by atoms with Gasteiger partial charge in [0.05, 0.1) is 17.6 Å². The molecule has 148 valence electrons. The lowest BCUT2D eigenvalue weighted by molar-refractivity contribution is 0.0980. The van der Waals surface area contributed by atoms with Crippen molar-refractivity contribution >= 4 is 22.6 Å². The van der Waals surface area contributed by atoms with Gasteiger partial charge in [-0.3, -0.25) is 18.7 Å². The van der Waals surface area contributed by atoms with Crippen LogP contribution in [-0.4, -0.2) is 20.0 Å². The monoisotopic (exact) mass is 398 g/mol. The first-order chi connectivity index (χ1) is 14.5. The molecule has 30 heavy (non-hydrogen) atoms. The Morgan fingerprint density at radius 2 is 1.57 bits per heavy atom. The minimum absolute atomic E-state index is 0.180. The molecule has 7 heteroatoms. The largest absolute Gasteiger partial charge is 0.332 e. The second kappa shape index (κ2) is 6.52. The maximum absolute atomic E-state index is 13.5. The highest BCUT2D eigenvalue weighted by molar-refractivity contribution is 6.08. The molecule has 1 aliphatic heterocycles. The predicted octanol–water partition coefficient (Wildman–Crippen LogP) is 2.46. The summed E-state index contributed by atoms with van der Waals surface area (Å²) in [6, 6.07) is 18.8. The average Bonchev–Trinajstić information content (AvgIpc) is 2.80. The Labute approximate surface area is 171 Å². The van der Waals surface area contributed by atoms with E-state index < -0.39 is 11.2 Å². The summed E-state index contributed by atoms with van der Waals surface area (Å²) in [4.78, 5) is 44.2. The Bertz CT molecular complexity index is 1470. The number of fused-ring (bicyclic) bond motifs is 4. The number of aryl methyl sites for hydroxylation is 1. The molecule has 0 spiro atoms. The molecule has 0 fully saturated rings. The smallest absolute Gasteiger partial charge is 0.302 e. The van der Waals surface area contributed by atoms with Crippen LogP contribution in [0.15, 0.2) is 70.3 Å². The van der Waals surface area contributed by atoms with E-state index in [1.54, 1.807) is 17.0 Å². The first kappa shape index (κ1) is 18.1. The number of amides is 1. The first-order valence-electron chi connectivity index (χ1n) is 9.53. The van der Waals surface area contributed by atoms with Gasteiger partial charge in [-0.1, -0.05) is 42.5 Å². The maximum atomic E-state index is 13.5. The third-order valence-electron chi connectivity index (χ3n) is 5.60. The van der Waals surface area contributed by atoms with Gasteiger partial charge in [0, 0.05) is 19.7 Å². The molecule has 4 aromatic rings. The van der Waals surface area contributed by atoms with Crippen LogP contribution < -0.4 is 16.1 Å². The van der Waals surface area contributed by atoms with Crippen molar-refractivity contribution in [2.24, 2.45) is 14.1 Å². The van der Waals surface area contributed by atoms with Crippen molar-refractivity contribution in [1.82, 2.24) is 14.1 Å². The second-order valence-corrected chi connectivity index (χ2v) is 7.34. The standard InChI is InChI=1S/C23H18N4O3/c1-25-20-17(21(28)26(2)23(25)30)11-12-18(24-20)22(29)27-13-14-7-3-4-8-15(14)16-9-5-6-10-19(16)27/h3-12H,13H2,1-2H3. The predicted molar refractivity (Wildman–Crippen MR) is 115 cm³/mol. The molecule has 1 aliphatic rings. The number of carbonyl (C=O) groups excluding carboxylic acids is 1. The summed E-state index contributed by atoms with van der Waals surface area (Å²) in [5, 5.41) is 0.292. The van der Waals surface area contributed by atoms with Crippen LogP contribution >= 0.6 is 0 Å². The lowest BCUT2D eigenvalue weighted by Crippen LogP contribution is -2.38. The number of aromatic nitrogens is 3. The molecule has 0 bridgehead atoms. The number of pyridine rings is 1. The molecule has 0 N–H and O–H groups in total. The summed E-state index contributed by atoms with van der Waals surface area (Å²) in [5.41, 5.74) is 3.40. The first-order valence-corrected chi connectivity index (χ1v) is 9.53. The summed E-state index contributed by atoms with van der Waals surface area (Å²) < 4.78 is 2.32. The topological polar surface area (TPSA) is 77.2 Å². The van der Waals surface area contributed by atoms with Gasteiger partial charge in [0.25, 0.3) is 11.5 Å². The van der Waals surface area contributed by atoms with E-state index in [2.05, 4.69) is 11.1 Å². The van der Waals surface area contributed by atoms with Gasteiger partial charge in [-0.25, -0.2) is 9.78 Å². The average molecular weight is 398 g/mol. The van der Waals surface area contributed by atoms with E-state index in [1.807, 2.05) is 42.5 Å². The zero-order valence-corrected chi connectivity index (χ0v) is 16.5. The Morgan fingerprint density at radius 1 is 0.867 bits per heavy atom. The number of carbonyl (C=O) groups is 1. The number of hydrogen-bond donors (Lipinski definition) is 0. The minimum atomic E-state index is -0.484. The Morgan fingerprint density at radius 3 is 2.37 bits per heavy atom. The lowest BCUT2D eigenvalue weighted by Gasteiger charge is -2.31. The molecule has 2 aromatic heterocycles. The highest BCUT2D eigenvalue weighted by Gasteiger charge is 2.28. The van der Waals surface area contributed by atoms with E-state index in [0.29, 0.717) is 11.9 Å². The van der Waals surface area contributed by atoms with Crippen LogP contribution in [0.2, 0.25) is 0 Å². The molecular formula is C23H18N4O3. The van der Waals surface area contributed by atoms with Crippen molar-refractivity contribution < 1.29 is 4.79 Å². The summed E-state index contributed by atoms with van der Waals surface area (Å²) in [7, 11) is 2.96.